The SMILES string of the molecule is O=C(NC1(C(=O)O)CCSCC1)c1ccc(-c2nc3ccccc3s2)o1. The zero-order valence-corrected chi connectivity index (χ0v) is 15.4. The van der Waals surface area contributed by atoms with Gasteiger partial charge in [-0.05, 0) is 48.6 Å². The molecule has 1 aromatic carbocycles. The number of aliphatic carboxylic acids is 1. The molecule has 3 heterocycles. The molecule has 0 saturated carbocycles. The summed E-state index contributed by atoms with van der Waals surface area (Å²) in [7, 11) is 0. The quantitative estimate of drug-likeness (QED) is 0.709. The van der Waals surface area contributed by atoms with Gasteiger partial charge in [0.05, 0.1) is 10.2 Å². The first kappa shape index (κ1) is 17.1. The van der Waals surface area contributed by atoms with Crippen LogP contribution in [-0.2, 0) is 4.79 Å². The number of fused-ring (bicyclic) bond motifs is 1. The molecule has 0 atom stereocenters. The molecule has 0 bridgehead atoms. The molecule has 1 fully saturated rings. The third-order valence-corrected chi connectivity index (χ3v) is 6.48. The van der Waals surface area contributed by atoms with Gasteiger partial charge in [-0.2, -0.15) is 11.8 Å². The highest BCUT2D eigenvalue weighted by Gasteiger charge is 2.41. The Bertz CT molecular complexity index is 939. The summed E-state index contributed by atoms with van der Waals surface area (Å²) in [5, 5.41) is 12.9. The summed E-state index contributed by atoms with van der Waals surface area (Å²) in [5.41, 5.74) is -0.343. The van der Waals surface area contributed by atoms with E-state index in [1.807, 2.05) is 24.3 Å². The van der Waals surface area contributed by atoms with Crippen molar-refractivity contribution in [2.24, 2.45) is 0 Å². The molecule has 26 heavy (non-hydrogen) atoms. The molecule has 4 rings (SSSR count). The highest BCUT2D eigenvalue weighted by molar-refractivity contribution is 7.99. The van der Waals surface area contributed by atoms with Crippen LogP contribution in [0.2, 0.25) is 0 Å². The number of furan rings is 1. The fourth-order valence-corrected chi connectivity index (χ4v) is 5.06. The lowest BCUT2D eigenvalue weighted by Crippen LogP contribution is -2.56. The van der Waals surface area contributed by atoms with E-state index in [9.17, 15) is 14.7 Å². The first-order chi connectivity index (χ1) is 12.6. The Morgan fingerprint density at radius 2 is 1.92 bits per heavy atom. The lowest BCUT2D eigenvalue weighted by atomic mass is 9.92. The fourth-order valence-electron chi connectivity index (χ4n) is 2.94. The maximum atomic E-state index is 12.5. The second-order valence-electron chi connectivity index (χ2n) is 6.10. The van der Waals surface area contributed by atoms with Crippen LogP contribution in [-0.4, -0.2) is 39.0 Å². The summed E-state index contributed by atoms with van der Waals surface area (Å²) in [6, 6.07) is 11.0. The maximum absolute atomic E-state index is 12.5. The van der Waals surface area contributed by atoms with E-state index >= 15 is 0 Å². The summed E-state index contributed by atoms with van der Waals surface area (Å²) in [4.78, 5) is 28.8. The average Bonchev–Trinajstić information content (AvgIpc) is 3.29. The van der Waals surface area contributed by atoms with Crippen LogP contribution in [0.25, 0.3) is 21.0 Å². The van der Waals surface area contributed by atoms with Crippen molar-refractivity contribution in [1.82, 2.24) is 10.3 Å². The van der Waals surface area contributed by atoms with Crippen LogP contribution in [0.3, 0.4) is 0 Å². The molecule has 134 valence electrons. The summed E-state index contributed by atoms with van der Waals surface area (Å²) >= 11 is 3.18. The number of rotatable bonds is 4. The van der Waals surface area contributed by atoms with Gasteiger partial charge in [0.1, 0.15) is 5.54 Å². The van der Waals surface area contributed by atoms with Crippen molar-refractivity contribution in [1.29, 1.82) is 0 Å². The molecule has 2 N–H and O–H groups in total. The van der Waals surface area contributed by atoms with Gasteiger partial charge in [-0.15, -0.1) is 11.3 Å². The first-order valence-electron chi connectivity index (χ1n) is 8.17. The zero-order valence-electron chi connectivity index (χ0n) is 13.7. The Labute approximate surface area is 157 Å². The maximum Gasteiger partial charge on any atom is 0.329 e. The van der Waals surface area contributed by atoms with Crippen LogP contribution in [0.1, 0.15) is 23.4 Å². The Kier molecular flexibility index (Phi) is 4.46. The smallest absolute Gasteiger partial charge is 0.329 e. The molecule has 1 saturated heterocycles. The molecule has 1 amide bonds. The van der Waals surface area contributed by atoms with Crippen molar-refractivity contribution < 1.29 is 19.1 Å². The Hall–Kier alpha value is -2.32. The minimum Gasteiger partial charge on any atom is -0.480 e. The number of benzene rings is 1. The van der Waals surface area contributed by atoms with Crippen molar-refractivity contribution in [3.63, 3.8) is 0 Å². The second-order valence-corrected chi connectivity index (χ2v) is 8.36. The van der Waals surface area contributed by atoms with Gasteiger partial charge in [0.15, 0.2) is 16.5 Å². The van der Waals surface area contributed by atoms with E-state index in [0.717, 1.165) is 10.2 Å². The number of thiazole rings is 1. The van der Waals surface area contributed by atoms with Crippen LogP contribution in [0, 0.1) is 0 Å². The summed E-state index contributed by atoms with van der Waals surface area (Å²) < 4.78 is 6.70. The van der Waals surface area contributed by atoms with Crippen LogP contribution in [0.15, 0.2) is 40.8 Å². The largest absolute Gasteiger partial charge is 0.480 e. The van der Waals surface area contributed by atoms with E-state index < -0.39 is 17.4 Å². The van der Waals surface area contributed by atoms with E-state index in [0.29, 0.717) is 35.1 Å². The number of carbonyl (C=O) groups is 2. The van der Waals surface area contributed by atoms with Crippen LogP contribution in [0.4, 0.5) is 0 Å². The van der Waals surface area contributed by atoms with Crippen LogP contribution >= 0.6 is 23.1 Å². The molecule has 3 aromatic rings. The highest BCUT2D eigenvalue weighted by atomic mass is 32.2. The highest BCUT2D eigenvalue weighted by Crippen LogP contribution is 2.32. The normalized spacial score (nSPS) is 16.5. The fraction of sp³-hybridized carbons (Fsp3) is 0.278. The van der Waals surface area contributed by atoms with E-state index in [2.05, 4.69) is 10.3 Å². The molecular formula is C18H16N2O4S2. The van der Waals surface area contributed by atoms with Crippen molar-refractivity contribution >= 4 is 45.2 Å². The molecule has 0 unspecified atom stereocenters. The molecule has 6 nitrogen and oxygen atoms in total. The number of para-hydroxylation sites is 1. The molecule has 0 radical (unpaired) electrons. The third kappa shape index (κ3) is 3.10. The Morgan fingerprint density at radius 3 is 2.65 bits per heavy atom. The predicted molar refractivity (Wildman–Crippen MR) is 102 cm³/mol. The number of nitrogens with zero attached hydrogens (tertiary/aromatic N) is 1. The van der Waals surface area contributed by atoms with Crippen molar-refractivity contribution in [3.8, 4) is 10.8 Å². The molecular weight excluding hydrogens is 372 g/mol. The molecule has 0 aliphatic carbocycles. The molecule has 1 aliphatic rings. The number of carbonyl (C=O) groups excluding carboxylic acids is 1. The van der Waals surface area contributed by atoms with Gasteiger partial charge in [0.25, 0.3) is 5.91 Å². The molecule has 8 heteroatoms. The monoisotopic (exact) mass is 388 g/mol. The molecule has 1 aliphatic heterocycles. The number of carboxylic acid groups (broad SMARTS) is 1. The third-order valence-electron chi connectivity index (χ3n) is 4.44. The number of carboxylic acids is 1. The van der Waals surface area contributed by atoms with E-state index in [1.54, 1.807) is 23.9 Å². The van der Waals surface area contributed by atoms with Crippen LogP contribution in [0.5, 0.6) is 0 Å². The van der Waals surface area contributed by atoms with Crippen molar-refractivity contribution in [2.45, 2.75) is 18.4 Å². The number of nitrogens with one attached hydrogen (secondary N) is 1. The Morgan fingerprint density at radius 1 is 1.15 bits per heavy atom. The molecule has 2 aromatic heterocycles. The van der Waals surface area contributed by atoms with Gasteiger partial charge in [-0.3, -0.25) is 4.79 Å². The van der Waals surface area contributed by atoms with Crippen LogP contribution < -0.4 is 5.32 Å². The minimum atomic E-state index is -1.22. The second kappa shape index (κ2) is 6.77. The zero-order chi connectivity index (χ0) is 18.1. The first-order valence-corrected chi connectivity index (χ1v) is 10.1. The van der Waals surface area contributed by atoms with Crippen molar-refractivity contribution in [3.05, 3.63) is 42.2 Å². The predicted octanol–water partition coefficient (Wildman–Crippen LogP) is 3.64. The van der Waals surface area contributed by atoms with E-state index in [1.165, 1.54) is 11.3 Å². The number of hydrogen-bond donors (Lipinski definition) is 2. The summed E-state index contributed by atoms with van der Waals surface area (Å²) in [6.07, 6.45) is 0.814. The number of thioether (sulfide) groups is 1. The van der Waals surface area contributed by atoms with Crippen molar-refractivity contribution in [2.75, 3.05) is 11.5 Å². The minimum absolute atomic E-state index is 0.0955. The van der Waals surface area contributed by atoms with E-state index in [-0.39, 0.29) is 5.76 Å². The average molecular weight is 388 g/mol. The Balaban J connectivity index is 1.57. The topological polar surface area (TPSA) is 92.4 Å². The van der Waals surface area contributed by atoms with Gasteiger partial charge < -0.3 is 14.8 Å². The van der Waals surface area contributed by atoms with E-state index in [4.69, 9.17) is 4.42 Å². The number of hydrogen-bond acceptors (Lipinski definition) is 6. The number of amides is 1. The molecule has 0 spiro atoms. The summed E-state index contributed by atoms with van der Waals surface area (Å²) in [5.74, 6) is 0.511. The lowest BCUT2D eigenvalue weighted by Gasteiger charge is -2.33. The van der Waals surface area contributed by atoms with Gasteiger partial charge in [0.2, 0.25) is 0 Å². The van der Waals surface area contributed by atoms with Gasteiger partial charge in [-0.25, -0.2) is 9.78 Å². The van der Waals surface area contributed by atoms with Gasteiger partial charge in [-0.1, -0.05) is 12.1 Å². The summed E-state index contributed by atoms with van der Waals surface area (Å²) in [6.45, 7) is 0. The van der Waals surface area contributed by atoms with Gasteiger partial charge in [0, 0.05) is 0 Å². The standard InChI is InChI=1S/C18H16N2O4S2/c21-15(20-18(17(22)23)7-9-25-10-8-18)12-5-6-13(24-12)16-19-11-3-1-2-4-14(11)26-16/h1-6H,7-10H2,(H,20,21)(H,22,23). The van der Waals surface area contributed by atoms with Gasteiger partial charge >= 0.3 is 5.97 Å². The lowest BCUT2D eigenvalue weighted by molar-refractivity contribution is -0.144. The number of aromatic nitrogens is 1.